The van der Waals surface area contributed by atoms with E-state index in [1.807, 2.05) is 12.1 Å². The first kappa shape index (κ1) is 27.9. The molecule has 4 heterocycles. The van der Waals surface area contributed by atoms with Gasteiger partial charge >= 0.3 is 0 Å². The minimum Gasteiger partial charge on any atom is -0.497 e. The summed E-state index contributed by atoms with van der Waals surface area (Å²) in [6.07, 6.45) is 4.10. The van der Waals surface area contributed by atoms with Crippen molar-refractivity contribution in [2.45, 2.75) is 44.3 Å². The average molecular weight is 570 g/mol. The molecule has 0 saturated carbocycles. The normalized spacial score (nSPS) is 17.2. The first-order chi connectivity index (χ1) is 19.4. The van der Waals surface area contributed by atoms with Gasteiger partial charge in [0.2, 0.25) is 11.9 Å². The SMILES string of the molecule is COc1cc(F)cc(C(CO)NC(=O)C(C)N2CCc3sc(-c4ccnc(NC5CCOCC5)n4)cc3C2=O)c1. The quantitative estimate of drug-likeness (QED) is 0.359. The molecule has 2 amide bonds. The molecule has 0 aliphatic carbocycles. The van der Waals surface area contributed by atoms with E-state index in [4.69, 9.17) is 9.47 Å². The van der Waals surface area contributed by atoms with Crippen molar-refractivity contribution in [1.29, 1.82) is 0 Å². The van der Waals surface area contributed by atoms with E-state index in [0.29, 0.717) is 43.3 Å². The van der Waals surface area contributed by atoms with Crippen LogP contribution in [0.1, 0.15) is 46.6 Å². The Balaban J connectivity index is 1.28. The number of amides is 2. The van der Waals surface area contributed by atoms with Gasteiger partial charge in [-0.2, -0.15) is 0 Å². The van der Waals surface area contributed by atoms with Crippen LogP contribution in [-0.2, 0) is 16.0 Å². The molecule has 5 rings (SSSR count). The molecule has 212 valence electrons. The molecule has 2 atom stereocenters. The summed E-state index contributed by atoms with van der Waals surface area (Å²) >= 11 is 1.52. The van der Waals surface area contributed by atoms with E-state index in [1.54, 1.807) is 19.2 Å². The molecule has 3 aromatic rings. The van der Waals surface area contributed by atoms with Crippen molar-refractivity contribution in [2.24, 2.45) is 0 Å². The third kappa shape index (κ3) is 6.08. The second-order valence-electron chi connectivity index (χ2n) is 9.84. The molecule has 3 N–H and O–H groups in total. The maximum atomic E-state index is 14.0. The summed E-state index contributed by atoms with van der Waals surface area (Å²) in [5.74, 6) is -0.415. The number of halogens is 1. The molecule has 2 aliphatic heterocycles. The second kappa shape index (κ2) is 12.3. The van der Waals surface area contributed by atoms with Crippen LogP contribution >= 0.6 is 11.3 Å². The minimum absolute atomic E-state index is 0.242. The average Bonchev–Trinajstić information content (AvgIpc) is 3.41. The van der Waals surface area contributed by atoms with Gasteiger partial charge < -0.3 is 30.1 Å². The fourth-order valence-corrected chi connectivity index (χ4v) is 6.04. The predicted molar refractivity (Wildman–Crippen MR) is 148 cm³/mol. The van der Waals surface area contributed by atoms with Crippen molar-refractivity contribution in [2.75, 3.05) is 38.8 Å². The maximum Gasteiger partial charge on any atom is 0.255 e. The number of nitrogens with one attached hydrogen (secondary N) is 2. The number of aromatic nitrogens is 2. The Morgan fingerprint density at radius 1 is 1.30 bits per heavy atom. The summed E-state index contributed by atoms with van der Waals surface area (Å²) in [7, 11) is 1.41. The van der Waals surface area contributed by atoms with Crippen molar-refractivity contribution >= 4 is 29.1 Å². The van der Waals surface area contributed by atoms with Crippen molar-refractivity contribution < 1.29 is 28.6 Å². The monoisotopic (exact) mass is 569 g/mol. The number of aliphatic hydroxyl groups excluding tert-OH is 1. The van der Waals surface area contributed by atoms with Crippen LogP contribution in [0.4, 0.5) is 10.3 Å². The number of carbonyl (C=O) groups excluding carboxylic acids is 2. The Hall–Kier alpha value is -3.61. The standard InChI is InChI=1S/C28H32FN5O5S/c1-16(26(36)32-23(15-35)17-11-18(29)13-20(12-17)38-2)34-8-4-24-21(27(34)37)14-25(40-24)22-3-7-30-28(33-22)31-19-5-9-39-10-6-19/h3,7,11-14,16,19,23,35H,4-6,8-10,15H2,1-2H3,(H,32,36)(H,30,31,33). The van der Waals surface area contributed by atoms with Crippen LogP contribution in [0.3, 0.4) is 0 Å². The Bertz CT molecular complexity index is 1380. The van der Waals surface area contributed by atoms with Crippen molar-refractivity contribution in [1.82, 2.24) is 20.2 Å². The van der Waals surface area contributed by atoms with E-state index in [-0.39, 0.29) is 17.7 Å². The lowest BCUT2D eigenvalue weighted by Crippen LogP contribution is -2.51. The van der Waals surface area contributed by atoms with E-state index < -0.39 is 30.4 Å². The Morgan fingerprint density at radius 2 is 2.10 bits per heavy atom. The Morgan fingerprint density at radius 3 is 2.85 bits per heavy atom. The summed E-state index contributed by atoms with van der Waals surface area (Å²) in [6, 6.07) is 6.25. The molecule has 10 nitrogen and oxygen atoms in total. The number of hydrogen-bond donors (Lipinski definition) is 3. The van der Waals surface area contributed by atoms with Gasteiger partial charge in [0.15, 0.2) is 0 Å². The topological polar surface area (TPSA) is 126 Å². The van der Waals surface area contributed by atoms with Crippen molar-refractivity contribution in [3.05, 3.63) is 58.3 Å². The number of thiophene rings is 1. The molecule has 2 aliphatic rings. The first-order valence-electron chi connectivity index (χ1n) is 13.2. The molecular weight excluding hydrogens is 537 g/mol. The summed E-state index contributed by atoms with van der Waals surface area (Å²) in [4.78, 5) is 39.0. The molecule has 1 fully saturated rings. The molecule has 2 unspecified atom stereocenters. The van der Waals surface area contributed by atoms with Crippen LogP contribution in [0.5, 0.6) is 5.75 Å². The molecule has 1 aromatic carbocycles. The molecule has 0 radical (unpaired) electrons. The van der Waals surface area contributed by atoms with Gasteiger partial charge in [0.1, 0.15) is 17.6 Å². The highest BCUT2D eigenvalue weighted by molar-refractivity contribution is 7.15. The van der Waals surface area contributed by atoms with Crippen LogP contribution < -0.4 is 15.4 Å². The van der Waals surface area contributed by atoms with Crippen molar-refractivity contribution in [3.63, 3.8) is 0 Å². The number of ether oxygens (including phenoxy) is 2. The number of aliphatic hydroxyl groups is 1. The zero-order valence-electron chi connectivity index (χ0n) is 22.4. The Kier molecular flexibility index (Phi) is 8.57. The summed E-state index contributed by atoms with van der Waals surface area (Å²) < 4.78 is 24.5. The van der Waals surface area contributed by atoms with Crippen LogP contribution in [0.2, 0.25) is 0 Å². The van der Waals surface area contributed by atoms with Crippen LogP contribution in [-0.4, -0.2) is 77.3 Å². The van der Waals surface area contributed by atoms with Crippen molar-refractivity contribution in [3.8, 4) is 16.3 Å². The summed E-state index contributed by atoms with van der Waals surface area (Å²) in [6.45, 7) is 3.00. The molecule has 0 spiro atoms. The van der Waals surface area contributed by atoms with Gasteiger partial charge in [0.05, 0.1) is 35.9 Å². The number of hydrogen-bond acceptors (Lipinski definition) is 9. The van der Waals surface area contributed by atoms with Crippen LogP contribution in [0.25, 0.3) is 10.6 Å². The lowest BCUT2D eigenvalue weighted by molar-refractivity contribution is -0.126. The van der Waals surface area contributed by atoms with Crippen LogP contribution in [0, 0.1) is 5.82 Å². The fourth-order valence-electron chi connectivity index (χ4n) is 4.93. The van der Waals surface area contributed by atoms with E-state index in [9.17, 15) is 19.1 Å². The molecular formula is C28H32FN5O5S. The predicted octanol–water partition coefficient (Wildman–Crippen LogP) is 3.18. The third-order valence-electron chi connectivity index (χ3n) is 7.22. The third-order valence-corrected chi connectivity index (χ3v) is 8.44. The zero-order chi connectivity index (χ0) is 28.2. The number of rotatable bonds is 9. The summed E-state index contributed by atoms with van der Waals surface area (Å²) in [5.41, 5.74) is 1.65. The number of carbonyl (C=O) groups is 2. The Labute approximate surface area is 235 Å². The van der Waals surface area contributed by atoms with Gasteiger partial charge in [-0.1, -0.05) is 0 Å². The highest BCUT2D eigenvalue weighted by atomic mass is 32.1. The maximum absolute atomic E-state index is 14.0. The molecule has 2 aromatic heterocycles. The van der Waals surface area contributed by atoms with Gasteiger partial charge in [0.25, 0.3) is 5.91 Å². The molecule has 40 heavy (non-hydrogen) atoms. The molecule has 12 heteroatoms. The second-order valence-corrected chi connectivity index (χ2v) is 11.0. The number of benzene rings is 1. The van der Waals surface area contributed by atoms with E-state index >= 15 is 0 Å². The highest BCUT2D eigenvalue weighted by Crippen LogP contribution is 2.35. The van der Waals surface area contributed by atoms with E-state index in [0.717, 1.165) is 28.3 Å². The number of nitrogens with zero attached hydrogens (tertiary/aromatic N) is 3. The first-order valence-corrected chi connectivity index (χ1v) is 14.0. The van der Waals surface area contributed by atoms with E-state index in [2.05, 4.69) is 20.6 Å². The van der Waals surface area contributed by atoms with Gasteiger partial charge in [-0.25, -0.2) is 14.4 Å². The largest absolute Gasteiger partial charge is 0.497 e. The minimum atomic E-state index is -0.857. The smallest absolute Gasteiger partial charge is 0.255 e. The number of methoxy groups -OCH3 is 1. The number of anilines is 1. The molecule has 1 saturated heterocycles. The van der Waals surface area contributed by atoms with E-state index in [1.165, 1.54) is 35.5 Å². The summed E-state index contributed by atoms with van der Waals surface area (Å²) in [5, 5.41) is 16.0. The zero-order valence-corrected chi connectivity index (χ0v) is 23.2. The van der Waals surface area contributed by atoms with Gasteiger partial charge in [0, 0.05) is 49.4 Å². The van der Waals surface area contributed by atoms with Gasteiger partial charge in [-0.15, -0.1) is 11.3 Å². The lowest BCUT2D eigenvalue weighted by Gasteiger charge is -2.32. The lowest BCUT2D eigenvalue weighted by atomic mass is 10.0. The molecule has 0 bridgehead atoms. The van der Waals surface area contributed by atoms with Gasteiger partial charge in [-0.05, 0) is 49.6 Å². The fraction of sp³-hybridized carbons (Fsp3) is 0.429. The van der Waals surface area contributed by atoms with Gasteiger partial charge in [-0.3, -0.25) is 9.59 Å². The highest BCUT2D eigenvalue weighted by Gasteiger charge is 2.34. The van der Waals surface area contributed by atoms with Crippen LogP contribution in [0.15, 0.2) is 36.5 Å². The number of fused-ring (bicyclic) bond motifs is 1.